The summed E-state index contributed by atoms with van der Waals surface area (Å²) in [6.07, 6.45) is 1.55. The molecule has 2 rings (SSSR count). The highest BCUT2D eigenvalue weighted by Gasteiger charge is 2.14. The van der Waals surface area contributed by atoms with Crippen LogP contribution in [0.15, 0.2) is 35.4 Å². The molecule has 2 aromatic rings. The Balaban J connectivity index is 2.33. The predicted molar refractivity (Wildman–Crippen MR) is 92.4 cm³/mol. The zero-order valence-electron chi connectivity index (χ0n) is 13.1. The molecule has 0 spiro atoms. The first kappa shape index (κ1) is 17.4. The Morgan fingerprint density at radius 2 is 2.12 bits per heavy atom. The molecule has 0 aliphatic carbocycles. The van der Waals surface area contributed by atoms with E-state index in [2.05, 4.69) is 16.2 Å². The normalized spacial score (nSPS) is 10.6. The molecule has 0 saturated heterocycles. The summed E-state index contributed by atoms with van der Waals surface area (Å²) in [4.78, 5) is 14.4. The maximum Gasteiger partial charge on any atom is 0.269 e. The van der Waals surface area contributed by atoms with Crippen molar-refractivity contribution in [1.82, 2.24) is 4.98 Å². The van der Waals surface area contributed by atoms with Gasteiger partial charge in [0.25, 0.3) is 5.69 Å². The number of rotatable bonds is 5. The van der Waals surface area contributed by atoms with Crippen LogP contribution < -0.4 is 5.01 Å². The lowest BCUT2D eigenvalue weighted by atomic mass is 10.1. The summed E-state index contributed by atoms with van der Waals surface area (Å²) in [5, 5.41) is 26.1. The molecule has 0 radical (unpaired) electrons. The van der Waals surface area contributed by atoms with E-state index in [0.29, 0.717) is 23.5 Å². The van der Waals surface area contributed by atoms with Crippen LogP contribution in [0.3, 0.4) is 0 Å². The SMILES string of the molecule is CCN(N=Cc1ccc([N+](=O)[O-])cc1)c1nc(Cl)cc(C)c1C#N. The Bertz CT molecular complexity index is 828. The second kappa shape index (κ2) is 7.53. The fraction of sp³-hybridized carbons (Fsp3) is 0.188. The summed E-state index contributed by atoms with van der Waals surface area (Å²) in [5.41, 5.74) is 1.83. The van der Waals surface area contributed by atoms with Crippen molar-refractivity contribution in [1.29, 1.82) is 5.26 Å². The third-order valence-electron chi connectivity index (χ3n) is 3.27. The summed E-state index contributed by atoms with van der Waals surface area (Å²) in [7, 11) is 0. The van der Waals surface area contributed by atoms with Crippen molar-refractivity contribution in [2.24, 2.45) is 5.10 Å². The number of nitro benzene ring substituents is 1. The van der Waals surface area contributed by atoms with E-state index in [4.69, 9.17) is 11.6 Å². The van der Waals surface area contributed by atoms with E-state index in [1.807, 2.05) is 6.92 Å². The predicted octanol–water partition coefficient (Wildman–Crippen LogP) is 3.68. The summed E-state index contributed by atoms with van der Waals surface area (Å²) < 4.78 is 0. The van der Waals surface area contributed by atoms with E-state index in [9.17, 15) is 15.4 Å². The smallest absolute Gasteiger partial charge is 0.258 e. The number of anilines is 1. The average molecular weight is 344 g/mol. The van der Waals surface area contributed by atoms with Gasteiger partial charge in [-0.05, 0) is 43.2 Å². The number of aryl methyl sites for hydroxylation is 1. The Morgan fingerprint density at radius 1 is 1.46 bits per heavy atom. The molecule has 0 bridgehead atoms. The number of nitro groups is 1. The van der Waals surface area contributed by atoms with Crippen LogP contribution in [0.25, 0.3) is 0 Å². The number of hydrogen-bond donors (Lipinski definition) is 0. The molecule has 8 heteroatoms. The minimum Gasteiger partial charge on any atom is -0.258 e. The van der Waals surface area contributed by atoms with Crippen molar-refractivity contribution in [3.63, 3.8) is 0 Å². The lowest BCUT2D eigenvalue weighted by Crippen LogP contribution is -2.19. The van der Waals surface area contributed by atoms with Crippen LogP contribution in [0.4, 0.5) is 11.5 Å². The molecule has 0 unspecified atom stereocenters. The van der Waals surface area contributed by atoms with Gasteiger partial charge in [-0.3, -0.25) is 10.1 Å². The van der Waals surface area contributed by atoms with Crippen molar-refractivity contribution >= 4 is 29.3 Å². The van der Waals surface area contributed by atoms with Crippen molar-refractivity contribution in [3.8, 4) is 6.07 Å². The van der Waals surface area contributed by atoms with Crippen molar-refractivity contribution in [3.05, 3.63) is 62.3 Å². The summed E-state index contributed by atoms with van der Waals surface area (Å²) >= 11 is 5.98. The fourth-order valence-electron chi connectivity index (χ4n) is 2.05. The van der Waals surface area contributed by atoms with E-state index in [1.165, 1.54) is 12.1 Å². The monoisotopic (exact) mass is 343 g/mol. The highest BCUT2D eigenvalue weighted by atomic mass is 35.5. The molecular formula is C16H14ClN5O2. The zero-order chi connectivity index (χ0) is 17.7. The number of halogens is 1. The maximum atomic E-state index is 10.7. The first-order valence-corrected chi connectivity index (χ1v) is 7.47. The Kier molecular flexibility index (Phi) is 5.45. The lowest BCUT2D eigenvalue weighted by Gasteiger charge is -2.18. The van der Waals surface area contributed by atoms with E-state index < -0.39 is 4.92 Å². The molecule has 0 aliphatic rings. The number of hydrogen-bond acceptors (Lipinski definition) is 6. The zero-order valence-corrected chi connectivity index (χ0v) is 13.9. The van der Waals surface area contributed by atoms with Crippen molar-refractivity contribution in [2.45, 2.75) is 13.8 Å². The van der Waals surface area contributed by atoms with Gasteiger partial charge in [0.15, 0.2) is 5.82 Å². The molecule has 1 aromatic heterocycles. The fourth-order valence-corrected chi connectivity index (χ4v) is 2.29. The van der Waals surface area contributed by atoms with E-state index in [0.717, 1.165) is 5.56 Å². The number of benzene rings is 1. The molecule has 122 valence electrons. The van der Waals surface area contributed by atoms with Gasteiger partial charge >= 0.3 is 0 Å². The molecule has 0 aliphatic heterocycles. The highest BCUT2D eigenvalue weighted by Crippen LogP contribution is 2.24. The van der Waals surface area contributed by atoms with Crippen LogP contribution in [-0.2, 0) is 0 Å². The number of non-ortho nitro benzene ring substituents is 1. The highest BCUT2D eigenvalue weighted by molar-refractivity contribution is 6.29. The summed E-state index contributed by atoms with van der Waals surface area (Å²) in [6.45, 7) is 4.13. The molecule has 24 heavy (non-hydrogen) atoms. The van der Waals surface area contributed by atoms with Gasteiger partial charge in [-0.2, -0.15) is 10.4 Å². The van der Waals surface area contributed by atoms with Gasteiger partial charge in [-0.15, -0.1) is 0 Å². The summed E-state index contributed by atoms with van der Waals surface area (Å²) in [6, 6.07) is 9.73. The molecular weight excluding hydrogens is 330 g/mol. The maximum absolute atomic E-state index is 10.7. The van der Waals surface area contributed by atoms with Crippen LogP contribution in [-0.4, -0.2) is 22.7 Å². The number of hydrazone groups is 1. The van der Waals surface area contributed by atoms with Gasteiger partial charge in [-0.1, -0.05) is 11.6 Å². The second-order valence-corrected chi connectivity index (χ2v) is 5.27. The van der Waals surface area contributed by atoms with Gasteiger partial charge in [0.2, 0.25) is 0 Å². The van der Waals surface area contributed by atoms with Crippen LogP contribution in [0, 0.1) is 28.4 Å². The third kappa shape index (κ3) is 3.86. The number of pyridine rings is 1. The lowest BCUT2D eigenvalue weighted by molar-refractivity contribution is -0.384. The number of nitrogens with zero attached hydrogens (tertiary/aromatic N) is 5. The van der Waals surface area contributed by atoms with Gasteiger partial charge < -0.3 is 0 Å². The first-order chi connectivity index (χ1) is 11.5. The van der Waals surface area contributed by atoms with Gasteiger partial charge in [0, 0.05) is 18.7 Å². The number of nitriles is 1. The van der Waals surface area contributed by atoms with Gasteiger partial charge in [-0.25, -0.2) is 9.99 Å². The largest absolute Gasteiger partial charge is 0.269 e. The van der Waals surface area contributed by atoms with Gasteiger partial charge in [0.1, 0.15) is 11.2 Å². The molecule has 0 amide bonds. The molecule has 0 saturated carbocycles. The minimum absolute atomic E-state index is 0.0124. The van der Waals surface area contributed by atoms with Crippen LogP contribution in [0.2, 0.25) is 5.15 Å². The molecule has 1 heterocycles. The van der Waals surface area contributed by atoms with Crippen molar-refractivity contribution < 1.29 is 4.92 Å². The van der Waals surface area contributed by atoms with Crippen LogP contribution >= 0.6 is 11.6 Å². The molecule has 0 atom stereocenters. The van der Waals surface area contributed by atoms with E-state index in [1.54, 1.807) is 36.3 Å². The summed E-state index contributed by atoms with van der Waals surface area (Å²) in [5.74, 6) is 0.378. The Labute approximate surface area is 144 Å². The Hall–Kier alpha value is -2.98. The first-order valence-electron chi connectivity index (χ1n) is 7.09. The second-order valence-electron chi connectivity index (χ2n) is 4.88. The molecule has 0 N–H and O–H groups in total. The number of aromatic nitrogens is 1. The van der Waals surface area contributed by atoms with E-state index in [-0.39, 0.29) is 10.8 Å². The molecule has 0 fully saturated rings. The van der Waals surface area contributed by atoms with Gasteiger partial charge in [0.05, 0.1) is 16.7 Å². The van der Waals surface area contributed by atoms with E-state index >= 15 is 0 Å². The third-order valence-corrected chi connectivity index (χ3v) is 3.47. The van der Waals surface area contributed by atoms with Crippen molar-refractivity contribution in [2.75, 3.05) is 11.6 Å². The minimum atomic E-state index is -0.461. The topological polar surface area (TPSA) is 95.4 Å². The average Bonchev–Trinajstić information content (AvgIpc) is 2.55. The van der Waals surface area contributed by atoms with Crippen LogP contribution in [0.5, 0.6) is 0 Å². The molecule has 1 aromatic carbocycles. The quantitative estimate of drug-likeness (QED) is 0.357. The Morgan fingerprint density at radius 3 is 2.67 bits per heavy atom. The molecule has 7 nitrogen and oxygen atoms in total. The van der Waals surface area contributed by atoms with Crippen LogP contribution in [0.1, 0.15) is 23.6 Å². The standard InChI is InChI=1S/C16H14ClN5O2/c1-3-21(16-14(9-18)11(2)8-15(17)20-16)19-10-12-4-6-13(7-5-12)22(23)24/h4-8,10H,3H2,1-2H3.